The van der Waals surface area contributed by atoms with Crippen LogP contribution in [0.5, 0.6) is 0 Å². The Labute approximate surface area is 101 Å². The number of alkyl halides is 1. The van der Waals surface area contributed by atoms with E-state index in [1.54, 1.807) is 6.92 Å². The van der Waals surface area contributed by atoms with Gasteiger partial charge in [0.05, 0.1) is 18.9 Å². The molecule has 84 valence electrons. The highest BCUT2D eigenvalue weighted by Gasteiger charge is 2.02. The zero-order valence-corrected chi connectivity index (χ0v) is 9.88. The maximum Gasteiger partial charge on any atom is 0.310 e. The van der Waals surface area contributed by atoms with Gasteiger partial charge in [0.25, 0.3) is 0 Å². The summed E-state index contributed by atoms with van der Waals surface area (Å²) in [5, 5.41) is 0. The van der Waals surface area contributed by atoms with E-state index in [2.05, 4.69) is 11.8 Å². The lowest BCUT2D eigenvalue weighted by Crippen LogP contribution is -2.07. The second kappa shape index (κ2) is 6.92. The van der Waals surface area contributed by atoms with E-state index >= 15 is 0 Å². The number of halogens is 1. The minimum absolute atomic E-state index is 0.206. The highest BCUT2D eigenvalue weighted by atomic mass is 35.5. The molecule has 0 aliphatic rings. The molecule has 0 N–H and O–H groups in total. The average Bonchev–Trinajstić information content (AvgIpc) is 2.28. The third-order valence-electron chi connectivity index (χ3n) is 1.91. The number of esters is 1. The molecule has 0 fully saturated rings. The summed E-state index contributed by atoms with van der Waals surface area (Å²) in [6.07, 6.45) is 0.303. The molecule has 0 atom stereocenters. The molecule has 0 spiro atoms. The standard InChI is InChI=1S/C13H13ClO2/c1-2-16-13(15)10-12-7-5-11(6-8-12)4-3-9-14/h5-8H,2,9-10H2,1H3. The van der Waals surface area contributed by atoms with Crippen molar-refractivity contribution in [2.24, 2.45) is 0 Å². The molecule has 0 amide bonds. The van der Waals surface area contributed by atoms with Crippen LogP contribution in [0.4, 0.5) is 0 Å². The normalized spacial score (nSPS) is 9.12. The lowest BCUT2D eigenvalue weighted by atomic mass is 10.1. The zero-order chi connectivity index (χ0) is 11.8. The second-order valence-electron chi connectivity index (χ2n) is 3.11. The van der Waals surface area contributed by atoms with Crippen LogP contribution in [0.25, 0.3) is 0 Å². The first-order valence-electron chi connectivity index (χ1n) is 5.05. The molecule has 0 aromatic heterocycles. The molecule has 1 aromatic carbocycles. The Kier molecular flexibility index (Phi) is 5.45. The summed E-state index contributed by atoms with van der Waals surface area (Å²) in [6.45, 7) is 2.21. The van der Waals surface area contributed by atoms with Crippen LogP contribution in [0, 0.1) is 11.8 Å². The van der Waals surface area contributed by atoms with E-state index in [0.29, 0.717) is 18.9 Å². The number of ether oxygens (including phenoxy) is 1. The van der Waals surface area contributed by atoms with Gasteiger partial charge in [-0.3, -0.25) is 4.79 Å². The van der Waals surface area contributed by atoms with Crippen molar-refractivity contribution in [3.8, 4) is 11.8 Å². The summed E-state index contributed by atoms with van der Waals surface area (Å²) < 4.78 is 4.86. The van der Waals surface area contributed by atoms with Crippen LogP contribution in [0.3, 0.4) is 0 Å². The summed E-state index contributed by atoms with van der Waals surface area (Å²) in [4.78, 5) is 11.2. The number of hydrogen-bond acceptors (Lipinski definition) is 2. The molecule has 0 aliphatic carbocycles. The van der Waals surface area contributed by atoms with Crippen LogP contribution < -0.4 is 0 Å². The van der Waals surface area contributed by atoms with Gasteiger partial charge < -0.3 is 4.74 Å². The maximum absolute atomic E-state index is 11.2. The Balaban J connectivity index is 2.61. The predicted molar refractivity (Wildman–Crippen MR) is 64.4 cm³/mol. The molecule has 2 nitrogen and oxygen atoms in total. The highest BCUT2D eigenvalue weighted by Crippen LogP contribution is 2.05. The van der Waals surface area contributed by atoms with E-state index in [4.69, 9.17) is 16.3 Å². The monoisotopic (exact) mass is 236 g/mol. The van der Waals surface area contributed by atoms with E-state index in [1.807, 2.05) is 24.3 Å². The van der Waals surface area contributed by atoms with Crippen molar-refractivity contribution in [2.75, 3.05) is 12.5 Å². The quantitative estimate of drug-likeness (QED) is 0.458. The van der Waals surface area contributed by atoms with Crippen molar-refractivity contribution < 1.29 is 9.53 Å². The minimum Gasteiger partial charge on any atom is -0.466 e. The molecule has 16 heavy (non-hydrogen) atoms. The molecule has 0 unspecified atom stereocenters. The first kappa shape index (κ1) is 12.6. The van der Waals surface area contributed by atoms with Gasteiger partial charge in [-0.25, -0.2) is 0 Å². The van der Waals surface area contributed by atoms with Gasteiger partial charge in [-0.2, -0.15) is 0 Å². The van der Waals surface area contributed by atoms with Gasteiger partial charge in [0.2, 0.25) is 0 Å². The Morgan fingerprint density at radius 3 is 2.62 bits per heavy atom. The predicted octanol–water partition coefficient (Wildman–Crippen LogP) is 2.38. The number of rotatable bonds is 3. The minimum atomic E-state index is -0.206. The van der Waals surface area contributed by atoms with E-state index in [-0.39, 0.29) is 5.97 Å². The SMILES string of the molecule is CCOC(=O)Cc1ccc(C#CCCl)cc1. The number of carbonyl (C=O) groups excluding carboxylic acids is 1. The molecule has 0 radical (unpaired) electrons. The van der Waals surface area contributed by atoms with Gasteiger partial charge in [-0.1, -0.05) is 24.0 Å². The van der Waals surface area contributed by atoms with Gasteiger partial charge in [-0.15, -0.1) is 11.6 Å². The summed E-state index contributed by atoms with van der Waals surface area (Å²) in [5.41, 5.74) is 1.82. The lowest BCUT2D eigenvalue weighted by Gasteiger charge is -2.01. The first-order valence-corrected chi connectivity index (χ1v) is 5.59. The van der Waals surface area contributed by atoms with Crippen molar-refractivity contribution in [2.45, 2.75) is 13.3 Å². The van der Waals surface area contributed by atoms with E-state index < -0.39 is 0 Å². The maximum atomic E-state index is 11.2. The fourth-order valence-corrected chi connectivity index (χ4v) is 1.29. The Morgan fingerprint density at radius 2 is 2.06 bits per heavy atom. The molecule has 0 saturated carbocycles. The molecule has 1 rings (SSSR count). The summed E-state index contributed by atoms with van der Waals surface area (Å²) in [7, 11) is 0. The van der Waals surface area contributed by atoms with Crippen LogP contribution >= 0.6 is 11.6 Å². The molecule has 0 heterocycles. The smallest absolute Gasteiger partial charge is 0.310 e. The topological polar surface area (TPSA) is 26.3 Å². The van der Waals surface area contributed by atoms with E-state index in [0.717, 1.165) is 11.1 Å². The van der Waals surface area contributed by atoms with E-state index in [9.17, 15) is 4.79 Å². The molecule has 0 saturated heterocycles. The van der Waals surface area contributed by atoms with Gasteiger partial charge in [0.1, 0.15) is 0 Å². The van der Waals surface area contributed by atoms with Crippen LogP contribution in [0.15, 0.2) is 24.3 Å². The lowest BCUT2D eigenvalue weighted by molar-refractivity contribution is -0.142. The molecule has 1 aromatic rings. The van der Waals surface area contributed by atoms with Crippen molar-refractivity contribution in [3.05, 3.63) is 35.4 Å². The number of benzene rings is 1. The Morgan fingerprint density at radius 1 is 1.38 bits per heavy atom. The van der Waals surface area contributed by atoms with E-state index in [1.165, 1.54) is 0 Å². The fraction of sp³-hybridized carbons (Fsp3) is 0.308. The van der Waals surface area contributed by atoms with Crippen molar-refractivity contribution >= 4 is 17.6 Å². The molecular weight excluding hydrogens is 224 g/mol. The second-order valence-corrected chi connectivity index (χ2v) is 3.38. The summed E-state index contributed by atoms with van der Waals surface area (Å²) in [5.74, 6) is 5.79. The Hall–Kier alpha value is -1.46. The molecule has 0 bridgehead atoms. The van der Waals surface area contributed by atoms with Crippen LogP contribution in [0.2, 0.25) is 0 Å². The first-order chi connectivity index (χ1) is 7.76. The average molecular weight is 237 g/mol. The summed E-state index contributed by atoms with van der Waals surface area (Å²) in [6, 6.07) is 7.48. The van der Waals surface area contributed by atoms with Gasteiger partial charge in [0, 0.05) is 5.56 Å². The van der Waals surface area contributed by atoms with Gasteiger partial charge in [0.15, 0.2) is 0 Å². The fourth-order valence-electron chi connectivity index (χ4n) is 1.22. The van der Waals surface area contributed by atoms with Crippen molar-refractivity contribution in [3.63, 3.8) is 0 Å². The van der Waals surface area contributed by atoms with Gasteiger partial charge >= 0.3 is 5.97 Å². The number of hydrogen-bond donors (Lipinski definition) is 0. The highest BCUT2D eigenvalue weighted by molar-refractivity contribution is 6.19. The van der Waals surface area contributed by atoms with Crippen molar-refractivity contribution in [1.29, 1.82) is 0 Å². The third-order valence-corrected chi connectivity index (χ3v) is 2.04. The zero-order valence-electron chi connectivity index (χ0n) is 9.13. The molecular formula is C13H13ClO2. The summed E-state index contributed by atoms with van der Waals surface area (Å²) >= 11 is 5.45. The molecule has 0 aliphatic heterocycles. The van der Waals surface area contributed by atoms with Crippen LogP contribution in [0.1, 0.15) is 18.1 Å². The van der Waals surface area contributed by atoms with Gasteiger partial charge in [-0.05, 0) is 24.6 Å². The Bertz CT molecular complexity index is 398. The largest absolute Gasteiger partial charge is 0.466 e. The van der Waals surface area contributed by atoms with Crippen molar-refractivity contribution in [1.82, 2.24) is 0 Å². The molecule has 3 heteroatoms. The van der Waals surface area contributed by atoms with Crippen LogP contribution in [-0.2, 0) is 16.0 Å². The third kappa shape index (κ3) is 4.37. The van der Waals surface area contributed by atoms with Crippen LogP contribution in [-0.4, -0.2) is 18.5 Å². The number of carbonyl (C=O) groups is 1.